The first-order valence-corrected chi connectivity index (χ1v) is 15.6. The van der Waals surface area contributed by atoms with Crippen molar-refractivity contribution in [3.05, 3.63) is 162 Å². The van der Waals surface area contributed by atoms with Crippen molar-refractivity contribution in [2.24, 2.45) is 7.05 Å². The molecule has 1 unspecified atom stereocenters. The quantitative estimate of drug-likeness (QED) is 0.162. The summed E-state index contributed by atoms with van der Waals surface area (Å²) in [5, 5.41) is -0.826. The molecule has 0 radical (unpaired) electrons. The lowest BCUT2D eigenvalue weighted by Gasteiger charge is -2.42. The van der Waals surface area contributed by atoms with Crippen LogP contribution >= 0.6 is 11.8 Å². The summed E-state index contributed by atoms with van der Waals surface area (Å²) in [5.74, 6) is 1.29. The van der Waals surface area contributed by atoms with E-state index in [1.54, 1.807) is 12.4 Å². The van der Waals surface area contributed by atoms with Crippen LogP contribution in [0, 0.1) is 0 Å². The van der Waals surface area contributed by atoms with Crippen LogP contribution in [0.5, 0.6) is 5.75 Å². The highest BCUT2D eigenvalue weighted by Gasteiger charge is 2.53. The zero-order chi connectivity index (χ0) is 30.8. The average Bonchev–Trinajstić information content (AvgIpc) is 3.56. The van der Waals surface area contributed by atoms with Crippen LogP contribution in [-0.4, -0.2) is 35.8 Å². The molecule has 1 atom stereocenters. The SMILES string of the molecule is Cn1c(COc2ccc(CC3SC(=O)N(C(c4ccccc4)(c4ccccc4)c4ccccc4)C3=O)cc2)nc2cnccc21. The Balaban J connectivity index is 1.15. The molecule has 1 aliphatic rings. The van der Waals surface area contributed by atoms with Gasteiger partial charge in [-0.05, 0) is 46.9 Å². The summed E-state index contributed by atoms with van der Waals surface area (Å²) in [6.45, 7) is 0.311. The fraction of sp³-hybridized carbons (Fsp3) is 0.135. The monoisotopic (exact) mass is 610 g/mol. The predicted molar refractivity (Wildman–Crippen MR) is 176 cm³/mol. The van der Waals surface area contributed by atoms with Gasteiger partial charge in [0, 0.05) is 13.2 Å². The Morgan fingerprint density at radius 3 is 1.91 bits per heavy atom. The molecule has 7 rings (SSSR count). The van der Waals surface area contributed by atoms with Crippen molar-refractivity contribution in [1.29, 1.82) is 0 Å². The molecular formula is C37H30N4O3S. The number of thioether (sulfide) groups is 1. The smallest absolute Gasteiger partial charge is 0.290 e. The second kappa shape index (κ2) is 12.1. The van der Waals surface area contributed by atoms with Gasteiger partial charge in [0.2, 0.25) is 5.91 Å². The van der Waals surface area contributed by atoms with E-state index in [1.807, 2.05) is 133 Å². The first-order valence-electron chi connectivity index (χ1n) is 14.7. The lowest BCUT2D eigenvalue weighted by atomic mass is 9.75. The molecule has 4 aromatic carbocycles. The van der Waals surface area contributed by atoms with E-state index in [4.69, 9.17) is 4.74 Å². The maximum Gasteiger partial charge on any atom is 0.290 e. The largest absolute Gasteiger partial charge is 0.486 e. The molecule has 1 fully saturated rings. The molecule has 0 bridgehead atoms. The third-order valence-corrected chi connectivity index (χ3v) is 9.36. The number of carbonyl (C=O) groups is 2. The van der Waals surface area contributed by atoms with Crippen molar-refractivity contribution in [3.8, 4) is 5.75 Å². The van der Waals surface area contributed by atoms with Gasteiger partial charge in [-0.15, -0.1) is 0 Å². The van der Waals surface area contributed by atoms with E-state index in [-0.39, 0.29) is 11.1 Å². The zero-order valence-electron chi connectivity index (χ0n) is 24.6. The summed E-state index contributed by atoms with van der Waals surface area (Å²) in [6.07, 6.45) is 3.90. The van der Waals surface area contributed by atoms with E-state index in [1.165, 1.54) is 4.90 Å². The Bertz CT molecular complexity index is 1870. The fourth-order valence-corrected chi connectivity index (χ4v) is 7.19. The summed E-state index contributed by atoms with van der Waals surface area (Å²) >= 11 is 1.09. The number of ether oxygens (including phenoxy) is 1. The number of rotatable bonds is 9. The van der Waals surface area contributed by atoms with Crippen molar-refractivity contribution in [2.75, 3.05) is 0 Å². The number of aromatic nitrogens is 3. The molecule has 0 spiro atoms. The highest BCUT2D eigenvalue weighted by atomic mass is 32.2. The van der Waals surface area contributed by atoms with Gasteiger partial charge in [-0.1, -0.05) is 115 Å². The van der Waals surface area contributed by atoms with Crippen molar-refractivity contribution < 1.29 is 14.3 Å². The van der Waals surface area contributed by atoms with Crippen LogP contribution in [-0.2, 0) is 30.4 Å². The molecule has 222 valence electrons. The van der Waals surface area contributed by atoms with Gasteiger partial charge in [0.25, 0.3) is 5.24 Å². The number of aryl methyl sites for hydroxylation is 1. The van der Waals surface area contributed by atoms with E-state index in [0.29, 0.717) is 18.8 Å². The highest BCUT2D eigenvalue weighted by Crippen LogP contribution is 2.47. The van der Waals surface area contributed by atoms with E-state index in [2.05, 4.69) is 9.97 Å². The number of hydrogen-bond donors (Lipinski definition) is 0. The molecule has 0 N–H and O–H groups in total. The molecule has 8 heteroatoms. The van der Waals surface area contributed by atoms with Crippen LogP contribution in [0.3, 0.4) is 0 Å². The molecule has 2 amide bonds. The summed E-state index contributed by atoms with van der Waals surface area (Å²) in [7, 11) is 1.96. The van der Waals surface area contributed by atoms with E-state index < -0.39 is 10.8 Å². The van der Waals surface area contributed by atoms with E-state index in [9.17, 15) is 9.59 Å². The first kappa shape index (κ1) is 28.6. The van der Waals surface area contributed by atoms with Crippen LogP contribution in [0.1, 0.15) is 28.1 Å². The molecule has 1 aliphatic heterocycles. The van der Waals surface area contributed by atoms with Crippen molar-refractivity contribution in [2.45, 2.75) is 23.8 Å². The van der Waals surface area contributed by atoms with Gasteiger partial charge in [-0.25, -0.2) is 4.98 Å². The number of benzene rings is 4. The van der Waals surface area contributed by atoms with Crippen LogP contribution in [0.4, 0.5) is 4.79 Å². The molecule has 45 heavy (non-hydrogen) atoms. The maximum atomic E-state index is 14.4. The zero-order valence-corrected chi connectivity index (χ0v) is 25.4. The minimum atomic E-state index is -1.12. The van der Waals surface area contributed by atoms with Crippen LogP contribution in [0.15, 0.2) is 134 Å². The average molecular weight is 611 g/mol. The summed E-state index contributed by atoms with van der Waals surface area (Å²) in [4.78, 5) is 38.6. The van der Waals surface area contributed by atoms with Gasteiger partial charge in [0.1, 0.15) is 29.2 Å². The van der Waals surface area contributed by atoms with Gasteiger partial charge >= 0.3 is 0 Å². The van der Waals surface area contributed by atoms with Crippen LogP contribution in [0.2, 0.25) is 0 Å². The summed E-state index contributed by atoms with van der Waals surface area (Å²) in [5.41, 5.74) is 4.20. The topological polar surface area (TPSA) is 77.3 Å². The minimum Gasteiger partial charge on any atom is -0.486 e. The Hall–Kier alpha value is -5.21. The van der Waals surface area contributed by atoms with Gasteiger partial charge < -0.3 is 9.30 Å². The number of fused-ring (bicyclic) bond motifs is 1. The number of imide groups is 1. The molecule has 0 aliphatic carbocycles. The number of hydrogen-bond acceptors (Lipinski definition) is 6. The van der Waals surface area contributed by atoms with Crippen LogP contribution in [0.25, 0.3) is 11.0 Å². The molecule has 1 saturated heterocycles. The number of pyridine rings is 1. The summed E-state index contributed by atoms with van der Waals surface area (Å²) < 4.78 is 8.03. The number of nitrogens with zero attached hydrogens (tertiary/aromatic N) is 4. The van der Waals surface area contributed by atoms with Gasteiger partial charge in [0.05, 0.1) is 17.0 Å². The normalized spacial score (nSPS) is 15.1. The molecular weight excluding hydrogens is 580 g/mol. The Morgan fingerprint density at radius 1 is 0.778 bits per heavy atom. The number of carbonyl (C=O) groups excluding carboxylic acids is 2. The van der Waals surface area contributed by atoms with Gasteiger partial charge in [-0.3, -0.25) is 19.5 Å². The predicted octanol–water partition coefficient (Wildman–Crippen LogP) is 7.15. The second-order valence-corrected chi connectivity index (χ2v) is 12.1. The van der Waals surface area contributed by atoms with Gasteiger partial charge in [-0.2, -0.15) is 0 Å². The third kappa shape index (κ3) is 5.17. The standard InChI is InChI=1S/C37H30N4O3S/c1-40-32-21-22-38-24-31(32)39-34(40)25-44-30-19-17-26(18-20-30)23-33-35(42)41(36(43)45-33)37(27-11-5-2-6-12-27,28-13-7-3-8-14-28)29-15-9-4-10-16-29/h2-22,24,33H,23,25H2,1H3. The fourth-order valence-electron chi connectivity index (χ4n) is 6.13. The molecule has 7 nitrogen and oxygen atoms in total. The second-order valence-electron chi connectivity index (χ2n) is 10.9. The highest BCUT2D eigenvalue weighted by molar-refractivity contribution is 8.15. The first-order chi connectivity index (χ1) is 22.1. The van der Waals surface area contributed by atoms with Crippen molar-refractivity contribution in [1.82, 2.24) is 19.4 Å². The van der Waals surface area contributed by atoms with E-state index in [0.717, 1.165) is 50.9 Å². The van der Waals surface area contributed by atoms with E-state index >= 15 is 0 Å². The van der Waals surface area contributed by atoms with Gasteiger partial charge in [0.15, 0.2) is 0 Å². The lowest BCUT2D eigenvalue weighted by molar-refractivity contribution is -0.129. The van der Waals surface area contributed by atoms with Crippen molar-refractivity contribution in [3.63, 3.8) is 0 Å². The number of amides is 2. The Kier molecular flexibility index (Phi) is 7.65. The lowest BCUT2D eigenvalue weighted by Crippen LogP contribution is -2.51. The Morgan fingerprint density at radius 2 is 1.36 bits per heavy atom. The number of imidazole rings is 1. The molecule has 0 saturated carbocycles. The summed E-state index contributed by atoms with van der Waals surface area (Å²) in [6, 6.07) is 39.1. The van der Waals surface area contributed by atoms with Crippen LogP contribution < -0.4 is 4.74 Å². The molecule has 3 heterocycles. The molecule has 2 aromatic heterocycles. The maximum absolute atomic E-state index is 14.4. The minimum absolute atomic E-state index is 0.210. The third-order valence-electron chi connectivity index (χ3n) is 8.32. The molecule has 6 aromatic rings. The Labute approximate surface area is 265 Å². The van der Waals surface area contributed by atoms with Crippen molar-refractivity contribution >= 4 is 33.9 Å².